The van der Waals surface area contributed by atoms with E-state index in [1.807, 2.05) is 0 Å². The van der Waals surface area contributed by atoms with Gasteiger partial charge in [-0.1, -0.05) is 11.6 Å². The van der Waals surface area contributed by atoms with Gasteiger partial charge in [-0.2, -0.15) is 5.26 Å². The van der Waals surface area contributed by atoms with Crippen molar-refractivity contribution >= 4 is 35.0 Å². The fourth-order valence-electron chi connectivity index (χ4n) is 0.795. The van der Waals surface area contributed by atoms with Crippen LogP contribution in [0.5, 0.6) is 0 Å². The second-order valence-corrected chi connectivity index (χ2v) is 4.05. The molecule has 0 bridgehead atoms. The van der Waals surface area contributed by atoms with Crippen molar-refractivity contribution in [3.05, 3.63) is 26.9 Å². The molecule has 3 nitrogen and oxygen atoms in total. The molecule has 0 fully saturated rings. The van der Waals surface area contributed by atoms with Crippen molar-refractivity contribution in [2.75, 3.05) is 7.11 Å². The predicted molar refractivity (Wildman–Crippen MR) is 54.9 cm³/mol. The fourth-order valence-corrected chi connectivity index (χ4v) is 1.80. The summed E-state index contributed by atoms with van der Waals surface area (Å²) in [6.45, 7) is 0. The van der Waals surface area contributed by atoms with Gasteiger partial charge in [0.15, 0.2) is 0 Å². The molecule has 1 rings (SSSR count). The molecule has 0 atom stereocenters. The number of esters is 1. The highest BCUT2D eigenvalue weighted by Gasteiger charge is 2.08. The van der Waals surface area contributed by atoms with Crippen LogP contribution in [0.25, 0.3) is 6.08 Å². The number of hydrogen-bond donors (Lipinski definition) is 0. The zero-order valence-corrected chi connectivity index (χ0v) is 8.85. The lowest BCUT2D eigenvalue weighted by molar-refractivity contribution is -0.135. The average molecular weight is 228 g/mol. The number of halogens is 1. The quantitative estimate of drug-likeness (QED) is 0.443. The first-order valence-corrected chi connectivity index (χ1v) is 4.82. The van der Waals surface area contributed by atoms with Gasteiger partial charge in [-0.15, -0.1) is 11.3 Å². The third kappa shape index (κ3) is 2.59. The molecule has 0 aliphatic heterocycles. The molecule has 0 spiro atoms. The summed E-state index contributed by atoms with van der Waals surface area (Å²) in [5, 5.41) is 8.65. The number of nitriles is 1. The van der Waals surface area contributed by atoms with Gasteiger partial charge in [-0.05, 0) is 18.2 Å². The van der Waals surface area contributed by atoms with Crippen LogP contribution in [-0.4, -0.2) is 13.1 Å². The van der Waals surface area contributed by atoms with Crippen molar-refractivity contribution in [3.8, 4) is 6.07 Å². The van der Waals surface area contributed by atoms with Gasteiger partial charge in [0.25, 0.3) is 0 Å². The van der Waals surface area contributed by atoms with Crippen LogP contribution < -0.4 is 0 Å². The molecule has 1 heterocycles. The second kappa shape index (κ2) is 4.80. The third-order valence-electron chi connectivity index (χ3n) is 1.41. The Hall–Kier alpha value is -1.31. The van der Waals surface area contributed by atoms with E-state index < -0.39 is 5.97 Å². The van der Waals surface area contributed by atoms with Gasteiger partial charge in [0.2, 0.25) is 0 Å². The summed E-state index contributed by atoms with van der Waals surface area (Å²) in [6, 6.07) is 5.19. The van der Waals surface area contributed by atoms with Crippen LogP contribution in [0.1, 0.15) is 4.88 Å². The predicted octanol–water partition coefficient (Wildman–Crippen LogP) is 2.48. The zero-order chi connectivity index (χ0) is 10.6. The topological polar surface area (TPSA) is 50.1 Å². The van der Waals surface area contributed by atoms with Crippen LogP contribution in [-0.2, 0) is 9.53 Å². The van der Waals surface area contributed by atoms with Crippen LogP contribution in [0.15, 0.2) is 17.7 Å². The highest BCUT2D eigenvalue weighted by Crippen LogP contribution is 2.23. The Balaban J connectivity index is 2.96. The minimum Gasteiger partial charge on any atom is -0.465 e. The summed E-state index contributed by atoms with van der Waals surface area (Å²) in [6.07, 6.45) is 1.45. The van der Waals surface area contributed by atoms with E-state index in [1.54, 1.807) is 18.2 Å². The van der Waals surface area contributed by atoms with Gasteiger partial charge in [-0.3, -0.25) is 0 Å². The first-order valence-electron chi connectivity index (χ1n) is 3.63. The first-order chi connectivity index (χ1) is 6.67. The maximum absolute atomic E-state index is 11.0. The molecule has 14 heavy (non-hydrogen) atoms. The van der Waals surface area contributed by atoms with Crippen molar-refractivity contribution in [3.63, 3.8) is 0 Å². The zero-order valence-electron chi connectivity index (χ0n) is 7.28. The molecule has 1 aromatic rings. The highest BCUT2D eigenvalue weighted by atomic mass is 35.5. The maximum Gasteiger partial charge on any atom is 0.348 e. The van der Waals surface area contributed by atoms with Crippen LogP contribution in [0.2, 0.25) is 4.34 Å². The Morgan fingerprint density at radius 2 is 2.43 bits per heavy atom. The van der Waals surface area contributed by atoms with Crippen molar-refractivity contribution < 1.29 is 9.53 Å². The van der Waals surface area contributed by atoms with Gasteiger partial charge in [0.1, 0.15) is 11.6 Å². The fraction of sp³-hybridized carbons (Fsp3) is 0.111. The van der Waals surface area contributed by atoms with E-state index in [2.05, 4.69) is 4.74 Å². The number of thiophene rings is 1. The molecule has 0 saturated heterocycles. The minimum atomic E-state index is -0.642. The molecule has 72 valence electrons. The van der Waals surface area contributed by atoms with Crippen LogP contribution in [0, 0.1) is 11.3 Å². The molecule has 0 unspecified atom stereocenters. The molecule has 0 radical (unpaired) electrons. The monoisotopic (exact) mass is 227 g/mol. The van der Waals surface area contributed by atoms with Crippen molar-refractivity contribution in [1.82, 2.24) is 0 Å². The third-order valence-corrected chi connectivity index (χ3v) is 2.58. The highest BCUT2D eigenvalue weighted by molar-refractivity contribution is 7.17. The van der Waals surface area contributed by atoms with Gasteiger partial charge < -0.3 is 4.74 Å². The summed E-state index contributed by atoms with van der Waals surface area (Å²) >= 11 is 6.98. The van der Waals surface area contributed by atoms with Crippen molar-refractivity contribution in [1.29, 1.82) is 5.26 Å². The number of nitrogens with zero attached hydrogens (tertiary/aromatic N) is 1. The molecule has 5 heteroatoms. The van der Waals surface area contributed by atoms with Gasteiger partial charge in [0, 0.05) is 4.88 Å². The molecule has 1 aromatic heterocycles. The molecular formula is C9H6ClNO2S. The summed E-state index contributed by atoms with van der Waals surface area (Å²) in [4.78, 5) is 11.8. The lowest BCUT2D eigenvalue weighted by Gasteiger charge is -1.93. The molecular weight excluding hydrogens is 222 g/mol. The second-order valence-electron chi connectivity index (χ2n) is 2.30. The van der Waals surface area contributed by atoms with E-state index in [0.29, 0.717) is 4.34 Å². The van der Waals surface area contributed by atoms with Crippen LogP contribution in [0.4, 0.5) is 0 Å². The smallest absolute Gasteiger partial charge is 0.348 e. The summed E-state index contributed by atoms with van der Waals surface area (Å²) < 4.78 is 5.03. The average Bonchev–Trinajstić information content (AvgIpc) is 2.59. The van der Waals surface area contributed by atoms with E-state index in [4.69, 9.17) is 16.9 Å². The lowest BCUT2D eigenvalue weighted by atomic mass is 10.2. The number of hydrogen-bond acceptors (Lipinski definition) is 4. The van der Waals surface area contributed by atoms with E-state index in [1.165, 1.54) is 24.5 Å². The Morgan fingerprint density at radius 3 is 2.86 bits per heavy atom. The van der Waals surface area contributed by atoms with Gasteiger partial charge in [-0.25, -0.2) is 4.79 Å². The minimum absolute atomic E-state index is 0.0361. The lowest BCUT2D eigenvalue weighted by Crippen LogP contribution is -2.02. The van der Waals surface area contributed by atoms with Crippen LogP contribution >= 0.6 is 22.9 Å². The standard InChI is InChI=1S/C9H6ClNO2S/c1-13-9(12)6(5-11)4-7-2-3-8(10)14-7/h2-4H,1H3/b6-4+. The SMILES string of the molecule is COC(=O)/C(C#N)=C/c1ccc(Cl)s1. The van der Waals surface area contributed by atoms with E-state index in [9.17, 15) is 4.79 Å². The van der Waals surface area contributed by atoms with Crippen molar-refractivity contribution in [2.24, 2.45) is 0 Å². The molecule has 0 amide bonds. The molecule has 0 aliphatic rings. The Morgan fingerprint density at radius 1 is 1.71 bits per heavy atom. The molecule has 0 N–H and O–H groups in total. The van der Waals surface area contributed by atoms with E-state index >= 15 is 0 Å². The Labute approximate surface area is 90.2 Å². The number of methoxy groups -OCH3 is 1. The van der Waals surface area contributed by atoms with E-state index in [-0.39, 0.29) is 5.57 Å². The molecule has 0 aliphatic carbocycles. The van der Waals surface area contributed by atoms with Crippen LogP contribution in [0.3, 0.4) is 0 Å². The largest absolute Gasteiger partial charge is 0.465 e. The number of rotatable bonds is 2. The van der Waals surface area contributed by atoms with E-state index in [0.717, 1.165) is 4.88 Å². The summed E-state index contributed by atoms with van der Waals surface area (Å²) in [7, 11) is 1.23. The molecule has 0 aromatic carbocycles. The molecule has 0 saturated carbocycles. The van der Waals surface area contributed by atoms with Crippen molar-refractivity contribution in [2.45, 2.75) is 0 Å². The Bertz CT molecular complexity index is 417. The maximum atomic E-state index is 11.0. The summed E-state index contributed by atoms with van der Waals surface area (Å²) in [5.74, 6) is -0.642. The van der Waals surface area contributed by atoms with Gasteiger partial charge in [0.05, 0.1) is 11.4 Å². The normalized spacial score (nSPS) is 10.8. The number of carbonyl (C=O) groups excluding carboxylic acids is 1. The Kier molecular flexibility index (Phi) is 3.69. The number of ether oxygens (including phenoxy) is 1. The van der Waals surface area contributed by atoms with Gasteiger partial charge >= 0.3 is 5.97 Å². The summed E-state index contributed by atoms with van der Waals surface area (Å²) in [5.41, 5.74) is -0.0361. The number of carbonyl (C=O) groups is 1. The first kappa shape index (κ1) is 10.8.